The number of H-pyrrole nitrogens is 1. The summed E-state index contributed by atoms with van der Waals surface area (Å²) in [5.74, 6) is -0.789. The minimum absolute atomic E-state index is 0.228. The van der Waals surface area contributed by atoms with Crippen LogP contribution in [0.3, 0.4) is 0 Å². The molecule has 0 aromatic carbocycles. The van der Waals surface area contributed by atoms with Gasteiger partial charge in [-0.25, -0.2) is 14.6 Å². The van der Waals surface area contributed by atoms with Crippen LogP contribution in [0.1, 0.15) is 12.1 Å². The van der Waals surface area contributed by atoms with Crippen molar-refractivity contribution in [2.24, 2.45) is 11.5 Å². The third-order valence-electron chi connectivity index (χ3n) is 2.43. The highest BCUT2D eigenvalue weighted by Crippen LogP contribution is 2.03. The van der Waals surface area contributed by atoms with Gasteiger partial charge >= 0.3 is 11.9 Å². The van der Waals surface area contributed by atoms with Crippen molar-refractivity contribution in [1.29, 1.82) is 0 Å². The van der Waals surface area contributed by atoms with Gasteiger partial charge in [0.15, 0.2) is 0 Å². The summed E-state index contributed by atoms with van der Waals surface area (Å²) < 4.78 is 4.65. The maximum Gasteiger partial charge on any atom is 0.330 e. The Kier molecular flexibility index (Phi) is 6.54. The molecule has 0 amide bonds. The standard InChI is InChI=1S/C11H18N4O3S/c1-19-3-2-8(12)10(16)18-11(17)9(13)4-7-5-14-6-15-7/h5-6,8-9H,2-4,12-13H2,1H3,(H,14,15)/t8-,9-/m0/s1. The van der Waals surface area contributed by atoms with Crippen molar-refractivity contribution >= 4 is 23.7 Å². The highest BCUT2D eigenvalue weighted by molar-refractivity contribution is 7.98. The predicted molar refractivity (Wildman–Crippen MR) is 72.3 cm³/mol. The summed E-state index contributed by atoms with van der Waals surface area (Å²) in [6.45, 7) is 0. The zero-order valence-corrected chi connectivity index (χ0v) is 11.5. The fraction of sp³-hybridized carbons (Fsp3) is 0.545. The van der Waals surface area contributed by atoms with Crippen molar-refractivity contribution in [3.05, 3.63) is 18.2 Å². The number of nitrogens with two attached hydrogens (primary N) is 2. The lowest BCUT2D eigenvalue weighted by Gasteiger charge is -2.12. The van der Waals surface area contributed by atoms with Gasteiger partial charge in [0.25, 0.3) is 0 Å². The topological polar surface area (TPSA) is 124 Å². The van der Waals surface area contributed by atoms with Crippen LogP contribution >= 0.6 is 11.8 Å². The van der Waals surface area contributed by atoms with Crippen LogP contribution in [0.2, 0.25) is 0 Å². The minimum atomic E-state index is -0.919. The Bertz CT molecular complexity index is 410. The minimum Gasteiger partial charge on any atom is -0.391 e. The number of aromatic amines is 1. The molecule has 0 spiro atoms. The van der Waals surface area contributed by atoms with E-state index in [-0.39, 0.29) is 6.42 Å². The molecular weight excluding hydrogens is 268 g/mol. The number of esters is 2. The molecule has 0 radical (unpaired) electrons. The van der Waals surface area contributed by atoms with Crippen LogP contribution in [0.5, 0.6) is 0 Å². The highest BCUT2D eigenvalue weighted by Gasteiger charge is 2.23. The van der Waals surface area contributed by atoms with Crippen LogP contribution < -0.4 is 11.5 Å². The van der Waals surface area contributed by atoms with Crippen molar-refractivity contribution < 1.29 is 14.3 Å². The van der Waals surface area contributed by atoms with E-state index in [2.05, 4.69) is 14.7 Å². The number of thioether (sulfide) groups is 1. The number of aromatic nitrogens is 2. The fourth-order valence-electron chi connectivity index (χ4n) is 1.33. The molecule has 106 valence electrons. The number of nitrogens with zero attached hydrogens (tertiary/aromatic N) is 1. The first-order valence-corrected chi connectivity index (χ1v) is 7.17. The SMILES string of the molecule is CSCC[C@H](N)C(=O)OC(=O)[C@@H](N)Cc1cnc[nH]1. The van der Waals surface area contributed by atoms with Crippen molar-refractivity contribution in [3.63, 3.8) is 0 Å². The van der Waals surface area contributed by atoms with Crippen LogP contribution in [0.15, 0.2) is 12.5 Å². The molecule has 1 aromatic rings. The van der Waals surface area contributed by atoms with E-state index in [1.807, 2.05) is 6.26 Å². The molecule has 8 heteroatoms. The Balaban J connectivity index is 2.38. The van der Waals surface area contributed by atoms with Gasteiger partial charge in [-0.15, -0.1) is 0 Å². The molecule has 0 aliphatic heterocycles. The number of carbonyl (C=O) groups excluding carboxylic acids is 2. The Hall–Kier alpha value is -1.38. The highest BCUT2D eigenvalue weighted by atomic mass is 32.2. The van der Waals surface area contributed by atoms with Gasteiger partial charge < -0.3 is 21.2 Å². The summed E-state index contributed by atoms with van der Waals surface area (Å²) in [5.41, 5.74) is 11.9. The van der Waals surface area contributed by atoms with E-state index in [1.54, 1.807) is 18.0 Å². The van der Waals surface area contributed by atoms with Crippen LogP contribution in [0.25, 0.3) is 0 Å². The van der Waals surface area contributed by atoms with Gasteiger partial charge in [0.2, 0.25) is 0 Å². The lowest BCUT2D eigenvalue weighted by Crippen LogP contribution is -2.40. The van der Waals surface area contributed by atoms with Crippen LogP contribution in [-0.4, -0.2) is 46.0 Å². The van der Waals surface area contributed by atoms with Gasteiger partial charge in [-0.3, -0.25) is 0 Å². The van der Waals surface area contributed by atoms with Gasteiger partial charge in [-0.2, -0.15) is 11.8 Å². The summed E-state index contributed by atoms with van der Waals surface area (Å²) in [7, 11) is 0. The van der Waals surface area contributed by atoms with E-state index in [4.69, 9.17) is 11.5 Å². The van der Waals surface area contributed by atoms with Crippen LogP contribution in [0.4, 0.5) is 0 Å². The second kappa shape index (κ2) is 7.93. The first-order valence-electron chi connectivity index (χ1n) is 5.77. The van der Waals surface area contributed by atoms with E-state index in [0.717, 1.165) is 5.75 Å². The number of ether oxygens (including phenoxy) is 1. The third-order valence-corrected chi connectivity index (χ3v) is 3.08. The Morgan fingerprint density at radius 3 is 2.68 bits per heavy atom. The maximum absolute atomic E-state index is 11.6. The summed E-state index contributed by atoms with van der Waals surface area (Å²) in [6.07, 6.45) is 5.63. The third kappa shape index (κ3) is 5.41. The lowest BCUT2D eigenvalue weighted by atomic mass is 10.2. The zero-order chi connectivity index (χ0) is 14.3. The molecule has 0 fully saturated rings. The smallest absolute Gasteiger partial charge is 0.330 e. The number of hydrogen-bond donors (Lipinski definition) is 3. The van der Waals surface area contributed by atoms with Gasteiger partial charge in [0, 0.05) is 18.3 Å². The van der Waals surface area contributed by atoms with Gasteiger partial charge in [0.05, 0.1) is 6.33 Å². The molecule has 5 N–H and O–H groups in total. The average molecular weight is 286 g/mol. The van der Waals surface area contributed by atoms with E-state index < -0.39 is 24.0 Å². The molecular formula is C11H18N4O3S. The predicted octanol–water partition coefficient (Wildman–Crippen LogP) is -0.570. The Labute approximate surface area is 115 Å². The number of imidazole rings is 1. The first kappa shape index (κ1) is 15.7. The summed E-state index contributed by atoms with van der Waals surface area (Å²) in [4.78, 5) is 29.7. The molecule has 7 nitrogen and oxygen atoms in total. The molecule has 0 aliphatic rings. The maximum atomic E-state index is 11.6. The zero-order valence-electron chi connectivity index (χ0n) is 10.7. The number of nitrogens with one attached hydrogen (secondary N) is 1. The van der Waals surface area contributed by atoms with Crippen LogP contribution in [0, 0.1) is 0 Å². The van der Waals surface area contributed by atoms with Crippen molar-refractivity contribution in [1.82, 2.24) is 9.97 Å². The second-order valence-electron chi connectivity index (χ2n) is 4.02. The van der Waals surface area contributed by atoms with E-state index in [1.165, 1.54) is 6.33 Å². The van der Waals surface area contributed by atoms with E-state index in [9.17, 15) is 9.59 Å². The van der Waals surface area contributed by atoms with Gasteiger partial charge in [-0.05, 0) is 18.4 Å². The van der Waals surface area contributed by atoms with Crippen LogP contribution in [-0.2, 0) is 20.7 Å². The molecule has 19 heavy (non-hydrogen) atoms. The molecule has 1 heterocycles. The molecule has 0 aliphatic carbocycles. The quantitative estimate of drug-likeness (QED) is 0.453. The van der Waals surface area contributed by atoms with E-state index >= 15 is 0 Å². The second-order valence-corrected chi connectivity index (χ2v) is 5.00. The monoisotopic (exact) mass is 286 g/mol. The molecule has 0 saturated heterocycles. The van der Waals surface area contributed by atoms with Crippen molar-refractivity contribution in [2.75, 3.05) is 12.0 Å². The molecule has 0 saturated carbocycles. The average Bonchev–Trinajstić information content (AvgIpc) is 2.88. The number of hydrogen-bond acceptors (Lipinski definition) is 7. The van der Waals surface area contributed by atoms with Crippen molar-refractivity contribution in [2.45, 2.75) is 24.9 Å². The summed E-state index contributed by atoms with van der Waals surface area (Å²) in [5, 5.41) is 0. The molecule has 0 bridgehead atoms. The van der Waals surface area contributed by atoms with Gasteiger partial charge in [0.1, 0.15) is 12.1 Å². The summed E-state index contributed by atoms with van der Waals surface area (Å²) >= 11 is 1.57. The molecule has 1 aromatic heterocycles. The van der Waals surface area contributed by atoms with Crippen molar-refractivity contribution in [3.8, 4) is 0 Å². The van der Waals surface area contributed by atoms with Gasteiger partial charge in [-0.1, -0.05) is 0 Å². The molecule has 0 unspecified atom stereocenters. The molecule has 1 rings (SSSR count). The first-order chi connectivity index (χ1) is 9.04. The molecule has 2 atom stereocenters. The number of rotatable bonds is 7. The largest absolute Gasteiger partial charge is 0.391 e. The lowest BCUT2D eigenvalue weighted by molar-refractivity contribution is -0.161. The Morgan fingerprint density at radius 1 is 1.42 bits per heavy atom. The summed E-state index contributed by atoms with van der Waals surface area (Å²) in [6, 6.07) is -1.71. The fourth-order valence-corrected chi connectivity index (χ4v) is 1.82. The number of carbonyl (C=O) groups is 2. The normalized spacial score (nSPS) is 13.8. The Morgan fingerprint density at radius 2 is 2.11 bits per heavy atom. The van der Waals surface area contributed by atoms with E-state index in [0.29, 0.717) is 12.1 Å².